The van der Waals surface area contributed by atoms with Gasteiger partial charge in [-0.05, 0) is 6.07 Å². The highest BCUT2D eigenvalue weighted by Gasteiger charge is 2.14. The number of carboxylic acid groups (broad SMARTS) is 1. The van der Waals surface area contributed by atoms with E-state index in [0.717, 1.165) is 0 Å². The van der Waals surface area contributed by atoms with E-state index in [1.165, 1.54) is 12.3 Å². The third kappa shape index (κ3) is 2.81. The molecule has 0 aliphatic heterocycles. The van der Waals surface area contributed by atoms with Crippen molar-refractivity contribution in [2.45, 2.75) is 6.42 Å². The van der Waals surface area contributed by atoms with Gasteiger partial charge in [0.2, 0.25) is 0 Å². The minimum Gasteiger partial charge on any atom is -0.481 e. The molecule has 68 valence electrons. The van der Waals surface area contributed by atoms with Gasteiger partial charge in [0.1, 0.15) is 12.2 Å². The summed E-state index contributed by atoms with van der Waals surface area (Å²) >= 11 is 0. The zero-order chi connectivity index (χ0) is 9.84. The molecule has 1 rings (SSSR count). The Bertz CT molecular complexity index is 317. The first-order chi connectivity index (χ1) is 6.09. The SMILES string of the molecule is O=C(O)Cc1nccc(B(O)O)n1. The van der Waals surface area contributed by atoms with Crippen LogP contribution in [-0.4, -0.2) is 38.2 Å². The second kappa shape index (κ2) is 3.97. The largest absolute Gasteiger partial charge is 0.508 e. The van der Waals surface area contributed by atoms with Crippen LogP contribution in [0, 0.1) is 0 Å². The van der Waals surface area contributed by atoms with Crippen LogP contribution in [0.15, 0.2) is 12.3 Å². The third-order valence-corrected chi connectivity index (χ3v) is 1.30. The van der Waals surface area contributed by atoms with E-state index >= 15 is 0 Å². The van der Waals surface area contributed by atoms with Crippen molar-refractivity contribution in [3.05, 3.63) is 18.1 Å². The van der Waals surface area contributed by atoms with Gasteiger partial charge < -0.3 is 15.2 Å². The number of aliphatic carboxylic acids is 1. The fourth-order valence-corrected chi connectivity index (χ4v) is 0.779. The molecule has 0 bridgehead atoms. The van der Waals surface area contributed by atoms with Gasteiger partial charge in [0.05, 0.1) is 5.59 Å². The Morgan fingerprint density at radius 3 is 2.77 bits per heavy atom. The number of nitrogens with zero attached hydrogens (tertiary/aromatic N) is 2. The van der Waals surface area contributed by atoms with Crippen molar-refractivity contribution in [2.24, 2.45) is 0 Å². The van der Waals surface area contributed by atoms with Crippen LogP contribution in [-0.2, 0) is 11.2 Å². The molecule has 6 nitrogen and oxygen atoms in total. The summed E-state index contributed by atoms with van der Waals surface area (Å²) < 4.78 is 0. The molecule has 0 aliphatic carbocycles. The van der Waals surface area contributed by atoms with Gasteiger partial charge in [0.15, 0.2) is 0 Å². The number of carbonyl (C=O) groups is 1. The zero-order valence-corrected chi connectivity index (χ0v) is 6.58. The number of aromatic nitrogens is 2. The Morgan fingerprint density at radius 1 is 1.54 bits per heavy atom. The minimum absolute atomic E-state index is 0.00810. The summed E-state index contributed by atoms with van der Waals surface area (Å²) in [7, 11) is -1.70. The normalized spacial score (nSPS) is 9.69. The van der Waals surface area contributed by atoms with Crippen molar-refractivity contribution in [3.63, 3.8) is 0 Å². The standard InChI is InChI=1S/C6H7BN2O4/c10-6(11)3-5-8-2-1-4(9-5)7(12)13/h1-2,12-13H,3H2,(H,10,11). The molecule has 1 aromatic rings. The first kappa shape index (κ1) is 9.62. The van der Waals surface area contributed by atoms with Gasteiger partial charge in [-0.15, -0.1) is 0 Å². The molecule has 0 aliphatic rings. The maximum absolute atomic E-state index is 10.2. The second-order valence-electron chi connectivity index (χ2n) is 2.34. The first-order valence-corrected chi connectivity index (χ1v) is 3.49. The molecule has 13 heavy (non-hydrogen) atoms. The summed E-state index contributed by atoms with van der Waals surface area (Å²) in [5, 5.41) is 25.8. The van der Waals surface area contributed by atoms with Gasteiger partial charge >= 0.3 is 13.1 Å². The molecule has 0 saturated heterocycles. The Morgan fingerprint density at radius 2 is 2.23 bits per heavy atom. The maximum atomic E-state index is 10.2. The molecule has 0 unspecified atom stereocenters. The Balaban J connectivity index is 2.85. The van der Waals surface area contributed by atoms with Crippen molar-refractivity contribution in [3.8, 4) is 0 Å². The van der Waals surface area contributed by atoms with Crippen LogP contribution < -0.4 is 5.59 Å². The average molecular weight is 182 g/mol. The average Bonchev–Trinajstić information content (AvgIpc) is 2.03. The minimum atomic E-state index is -1.70. The molecule has 1 heterocycles. The van der Waals surface area contributed by atoms with E-state index in [4.69, 9.17) is 15.2 Å². The van der Waals surface area contributed by atoms with Crippen molar-refractivity contribution in [1.82, 2.24) is 9.97 Å². The Hall–Kier alpha value is -1.47. The van der Waals surface area contributed by atoms with Crippen LogP contribution in [0.3, 0.4) is 0 Å². The summed E-state index contributed by atoms with van der Waals surface area (Å²) in [6, 6.07) is 1.30. The predicted molar refractivity (Wildman–Crippen MR) is 43.2 cm³/mol. The lowest BCUT2D eigenvalue weighted by molar-refractivity contribution is -0.136. The quantitative estimate of drug-likeness (QED) is 0.457. The van der Waals surface area contributed by atoms with Gasteiger partial charge in [-0.2, -0.15) is 0 Å². The molecule has 0 spiro atoms. The summed E-state index contributed by atoms with van der Waals surface area (Å²) in [6.45, 7) is 0. The fourth-order valence-electron chi connectivity index (χ4n) is 0.779. The summed E-state index contributed by atoms with van der Waals surface area (Å²) in [5.41, 5.74) is -0.00810. The van der Waals surface area contributed by atoms with Crippen molar-refractivity contribution >= 4 is 18.7 Å². The lowest BCUT2D eigenvalue weighted by atomic mass is 9.86. The molecule has 0 radical (unpaired) electrons. The lowest BCUT2D eigenvalue weighted by Crippen LogP contribution is -2.33. The van der Waals surface area contributed by atoms with Gasteiger partial charge in [0.25, 0.3) is 0 Å². The highest BCUT2D eigenvalue weighted by Crippen LogP contribution is 1.88. The van der Waals surface area contributed by atoms with E-state index in [1.807, 2.05) is 0 Å². The van der Waals surface area contributed by atoms with E-state index < -0.39 is 13.1 Å². The highest BCUT2D eigenvalue weighted by molar-refractivity contribution is 6.57. The van der Waals surface area contributed by atoms with Crippen LogP contribution >= 0.6 is 0 Å². The molecule has 3 N–H and O–H groups in total. The summed E-state index contributed by atoms with van der Waals surface area (Å²) in [4.78, 5) is 17.5. The lowest BCUT2D eigenvalue weighted by Gasteiger charge is -1.99. The first-order valence-electron chi connectivity index (χ1n) is 3.49. The van der Waals surface area contributed by atoms with Gasteiger partial charge in [-0.1, -0.05) is 0 Å². The number of hydrogen-bond donors (Lipinski definition) is 3. The van der Waals surface area contributed by atoms with E-state index in [9.17, 15) is 4.79 Å². The van der Waals surface area contributed by atoms with Crippen LogP contribution in [0.5, 0.6) is 0 Å². The van der Waals surface area contributed by atoms with Crippen molar-refractivity contribution < 1.29 is 19.9 Å². The van der Waals surface area contributed by atoms with Crippen LogP contribution in [0.25, 0.3) is 0 Å². The van der Waals surface area contributed by atoms with Gasteiger partial charge in [0, 0.05) is 6.20 Å². The number of rotatable bonds is 3. The Labute approximate surface area is 74.0 Å². The van der Waals surface area contributed by atoms with Crippen molar-refractivity contribution in [1.29, 1.82) is 0 Å². The van der Waals surface area contributed by atoms with Crippen LogP contribution in [0.1, 0.15) is 5.82 Å². The predicted octanol–water partition coefficient (Wildman–Crippen LogP) is -2.22. The molecule has 0 saturated carbocycles. The highest BCUT2D eigenvalue weighted by atomic mass is 16.4. The molecule has 0 fully saturated rings. The zero-order valence-electron chi connectivity index (χ0n) is 6.58. The van der Waals surface area contributed by atoms with E-state index in [-0.39, 0.29) is 17.8 Å². The molecule has 1 aromatic heterocycles. The van der Waals surface area contributed by atoms with E-state index in [0.29, 0.717) is 0 Å². The van der Waals surface area contributed by atoms with Crippen molar-refractivity contribution in [2.75, 3.05) is 0 Å². The number of hydrogen-bond acceptors (Lipinski definition) is 5. The van der Waals surface area contributed by atoms with Gasteiger partial charge in [-0.25, -0.2) is 9.97 Å². The molecular weight excluding hydrogens is 175 g/mol. The van der Waals surface area contributed by atoms with Gasteiger partial charge in [-0.3, -0.25) is 4.79 Å². The Kier molecular flexibility index (Phi) is 2.94. The molecule has 7 heteroatoms. The van der Waals surface area contributed by atoms with Crippen LogP contribution in [0.2, 0.25) is 0 Å². The molecule has 0 aromatic carbocycles. The monoisotopic (exact) mass is 182 g/mol. The van der Waals surface area contributed by atoms with E-state index in [1.54, 1.807) is 0 Å². The maximum Gasteiger partial charge on any atom is 0.508 e. The fraction of sp³-hybridized carbons (Fsp3) is 0.167. The topological polar surface area (TPSA) is 104 Å². The second-order valence-corrected chi connectivity index (χ2v) is 2.34. The van der Waals surface area contributed by atoms with E-state index in [2.05, 4.69) is 9.97 Å². The summed E-state index contributed by atoms with van der Waals surface area (Å²) in [6.07, 6.45) is 0.945. The van der Waals surface area contributed by atoms with Crippen LogP contribution in [0.4, 0.5) is 0 Å². The molecule has 0 amide bonds. The molecular formula is C6H7BN2O4. The number of carboxylic acids is 1. The summed E-state index contributed by atoms with van der Waals surface area (Å²) in [5.74, 6) is -1.01. The smallest absolute Gasteiger partial charge is 0.481 e. The molecule has 0 atom stereocenters. The third-order valence-electron chi connectivity index (χ3n) is 1.30.